The Bertz CT molecular complexity index is 1230. The molecule has 0 amide bonds. The molecule has 0 aliphatic heterocycles. The molecule has 0 aliphatic carbocycles. The van der Waals surface area contributed by atoms with Crippen LogP contribution in [0.25, 0.3) is 17.5 Å². The second kappa shape index (κ2) is 7.91. The van der Waals surface area contributed by atoms with Crippen molar-refractivity contribution in [3.05, 3.63) is 101 Å². The molecule has 2 aromatic heterocycles. The van der Waals surface area contributed by atoms with Gasteiger partial charge in [0.05, 0.1) is 34.5 Å². The van der Waals surface area contributed by atoms with Gasteiger partial charge in [0.25, 0.3) is 0 Å². The van der Waals surface area contributed by atoms with Gasteiger partial charge in [0.2, 0.25) is 0 Å². The first kappa shape index (κ1) is 19.5. The molecule has 0 bridgehead atoms. The summed E-state index contributed by atoms with van der Waals surface area (Å²) in [6, 6.07) is 15.9. The smallest absolute Gasteiger partial charge is 0.189 e. The van der Waals surface area contributed by atoms with Crippen molar-refractivity contribution < 1.29 is 9.18 Å². The monoisotopic (exact) mass is 400 g/mol. The molecular weight excluding hydrogens is 379 g/mol. The minimum atomic E-state index is -0.315. The van der Waals surface area contributed by atoms with E-state index in [1.807, 2.05) is 55.8 Å². The fraction of sp³-hybridized carbons (Fsp3) is 0.125. The Kier molecular flexibility index (Phi) is 5.14. The predicted octanol–water partition coefficient (Wildman–Crippen LogP) is 5.02. The van der Waals surface area contributed by atoms with Crippen LogP contribution in [-0.4, -0.2) is 25.3 Å². The van der Waals surface area contributed by atoms with Crippen molar-refractivity contribution in [2.24, 2.45) is 0 Å². The Hall–Kier alpha value is -3.80. The van der Waals surface area contributed by atoms with Crippen molar-refractivity contribution in [1.82, 2.24) is 19.6 Å². The Morgan fingerprint density at radius 1 is 0.900 bits per heavy atom. The maximum atomic E-state index is 13.2. The Morgan fingerprint density at radius 3 is 2.27 bits per heavy atom. The van der Waals surface area contributed by atoms with E-state index in [0.29, 0.717) is 16.9 Å². The number of carbonyl (C=O) groups excluding carboxylic acids is 1. The number of para-hydroxylation sites is 1. The number of ketones is 1. The molecule has 0 N–H and O–H groups in total. The number of hydrogen-bond acceptors (Lipinski definition) is 3. The summed E-state index contributed by atoms with van der Waals surface area (Å²) < 4.78 is 16.7. The number of halogens is 1. The van der Waals surface area contributed by atoms with Crippen LogP contribution in [0.3, 0.4) is 0 Å². The van der Waals surface area contributed by atoms with E-state index in [2.05, 4.69) is 10.2 Å². The first-order chi connectivity index (χ1) is 14.5. The maximum Gasteiger partial charge on any atom is 0.189 e. The van der Waals surface area contributed by atoms with Crippen LogP contribution in [0, 0.1) is 26.6 Å². The first-order valence-electron chi connectivity index (χ1n) is 9.60. The van der Waals surface area contributed by atoms with E-state index < -0.39 is 0 Å². The largest absolute Gasteiger partial charge is 0.289 e. The van der Waals surface area contributed by atoms with Crippen molar-refractivity contribution in [3.8, 4) is 11.4 Å². The van der Waals surface area contributed by atoms with Crippen LogP contribution in [0.4, 0.5) is 4.39 Å². The highest BCUT2D eigenvalue weighted by atomic mass is 19.1. The molecule has 0 spiro atoms. The topological polar surface area (TPSA) is 52.7 Å². The molecule has 2 heterocycles. The first-order valence-corrected chi connectivity index (χ1v) is 9.60. The highest BCUT2D eigenvalue weighted by Crippen LogP contribution is 2.20. The third-order valence-electron chi connectivity index (χ3n) is 5.10. The van der Waals surface area contributed by atoms with Crippen molar-refractivity contribution >= 4 is 11.9 Å². The molecule has 2 aromatic carbocycles. The Balaban J connectivity index is 1.61. The van der Waals surface area contributed by atoms with Crippen LogP contribution >= 0.6 is 0 Å². The zero-order valence-corrected chi connectivity index (χ0v) is 17.0. The fourth-order valence-electron chi connectivity index (χ4n) is 3.46. The lowest BCUT2D eigenvalue weighted by Gasteiger charge is -2.04. The molecule has 6 heteroatoms. The molecule has 0 atom stereocenters. The van der Waals surface area contributed by atoms with E-state index in [1.165, 1.54) is 12.1 Å². The number of nitrogens with zero attached hydrogens (tertiary/aromatic N) is 4. The van der Waals surface area contributed by atoms with E-state index in [0.717, 1.165) is 22.6 Å². The van der Waals surface area contributed by atoms with Gasteiger partial charge >= 0.3 is 0 Å². The Labute approximate surface area is 174 Å². The minimum absolute atomic E-state index is 0.146. The zero-order chi connectivity index (χ0) is 21.3. The van der Waals surface area contributed by atoms with Crippen LogP contribution in [0.5, 0.6) is 0 Å². The van der Waals surface area contributed by atoms with Crippen LogP contribution in [0.2, 0.25) is 0 Å². The number of rotatable bonds is 5. The van der Waals surface area contributed by atoms with E-state index in [-0.39, 0.29) is 11.6 Å². The average molecular weight is 400 g/mol. The van der Waals surface area contributed by atoms with Gasteiger partial charge in [-0.2, -0.15) is 10.2 Å². The van der Waals surface area contributed by atoms with Crippen molar-refractivity contribution in [1.29, 1.82) is 0 Å². The predicted molar refractivity (Wildman–Crippen MR) is 115 cm³/mol. The highest BCUT2D eigenvalue weighted by Gasteiger charge is 2.15. The molecule has 0 unspecified atom stereocenters. The molecule has 5 nitrogen and oxygen atoms in total. The summed E-state index contributed by atoms with van der Waals surface area (Å²) in [4.78, 5) is 12.8. The molecule has 4 rings (SSSR count). The molecule has 0 aliphatic rings. The van der Waals surface area contributed by atoms with Gasteiger partial charge in [-0.05, 0) is 69.3 Å². The van der Waals surface area contributed by atoms with E-state index >= 15 is 0 Å². The summed E-state index contributed by atoms with van der Waals surface area (Å²) in [6.07, 6.45) is 4.89. The maximum absolute atomic E-state index is 13.2. The van der Waals surface area contributed by atoms with Gasteiger partial charge < -0.3 is 0 Å². The number of hydrogen-bond donors (Lipinski definition) is 0. The molecule has 0 saturated carbocycles. The normalized spacial score (nSPS) is 11.3. The highest BCUT2D eigenvalue weighted by molar-refractivity contribution is 6.07. The quantitative estimate of drug-likeness (QED) is 0.349. The third-order valence-corrected chi connectivity index (χ3v) is 5.10. The Morgan fingerprint density at radius 2 is 1.57 bits per heavy atom. The molecule has 30 heavy (non-hydrogen) atoms. The number of aromatic nitrogens is 4. The van der Waals surface area contributed by atoms with Crippen LogP contribution in [0.15, 0.2) is 66.9 Å². The van der Waals surface area contributed by atoms with Crippen LogP contribution in [-0.2, 0) is 0 Å². The molecule has 0 fully saturated rings. The van der Waals surface area contributed by atoms with Gasteiger partial charge in [0.15, 0.2) is 5.78 Å². The van der Waals surface area contributed by atoms with E-state index in [9.17, 15) is 9.18 Å². The summed E-state index contributed by atoms with van der Waals surface area (Å²) in [5.41, 5.74) is 5.59. The minimum Gasteiger partial charge on any atom is -0.289 e. The van der Waals surface area contributed by atoms with Crippen LogP contribution < -0.4 is 0 Å². The summed E-state index contributed by atoms with van der Waals surface area (Å²) in [5, 5.41) is 8.90. The molecule has 0 saturated heterocycles. The third kappa shape index (κ3) is 3.59. The second-order valence-electron chi connectivity index (χ2n) is 7.06. The standard InChI is InChI=1S/C24H21FN4O/c1-16-22(17(2)29(27-16)20-7-5-4-6-8-20)13-14-24(30)23-15-26-28(18(23)3)21-11-9-19(25)10-12-21/h4-15H,1-3H3. The van der Waals surface area contributed by atoms with Crippen molar-refractivity contribution in [2.75, 3.05) is 0 Å². The average Bonchev–Trinajstić information content (AvgIpc) is 3.27. The van der Waals surface area contributed by atoms with Crippen LogP contribution in [0.1, 0.15) is 33.0 Å². The summed E-state index contributed by atoms with van der Waals surface area (Å²) in [5.74, 6) is -0.461. The van der Waals surface area contributed by atoms with Gasteiger partial charge in [-0.3, -0.25) is 4.79 Å². The zero-order valence-electron chi connectivity index (χ0n) is 17.0. The van der Waals surface area contributed by atoms with Gasteiger partial charge in [0, 0.05) is 11.3 Å². The second-order valence-corrected chi connectivity index (χ2v) is 7.06. The molecular formula is C24H21FN4O. The summed E-state index contributed by atoms with van der Waals surface area (Å²) in [6.45, 7) is 5.73. The van der Waals surface area contributed by atoms with Gasteiger partial charge in [-0.15, -0.1) is 0 Å². The van der Waals surface area contributed by atoms with Gasteiger partial charge in [-0.25, -0.2) is 13.8 Å². The van der Waals surface area contributed by atoms with Gasteiger partial charge in [0.1, 0.15) is 5.82 Å². The van der Waals surface area contributed by atoms with Crippen molar-refractivity contribution in [3.63, 3.8) is 0 Å². The van der Waals surface area contributed by atoms with E-state index in [1.54, 1.807) is 35.2 Å². The molecule has 4 aromatic rings. The lowest BCUT2D eigenvalue weighted by molar-refractivity contribution is 0.104. The van der Waals surface area contributed by atoms with Gasteiger partial charge in [-0.1, -0.05) is 18.2 Å². The fourth-order valence-corrected chi connectivity index (χ4v) is 3.46. The van der Waals surface area contributed by atoms with Crippen molar-refractivity contribution in [2.45, 2.75) is 20.8 Å². The molecule has 150 valence electrons. The van der Waals surface area contributed by atoms with E-state index in [4.69, 9.17) is 0 Å². The number of carbonyl (C=O) groups is 1. The summed E-state index contributed by atoms with van der Waals surface area (Å²) in [7, 11) is 0. The lowest BCUT2D eigenvalue weighted by atomic mass is 10.1. The number of allylic oxidation sites excluding steroid dienone is 1. The molecule has 0 radical (unpaired) electrons. The summed E-state index contributed by atoms with van der Waals surface area (Å²) >= 11 is 0. The SMILES string of the molecule is Cc1nn(-c2ccccc2)c(C)c1C=CC(=O)c1cnn(-c2ccc(F)cc2)c1C. The number of benzene rings is 2. The number of aryl methyl sites for hydroxylation is 1. The lowest BCUT2D eigenvalue weighted by Crippen LogP contribution is -2.02.